The summed E-state index contributed by atoms with van der Waals surface area (Å²) >= 11 is 6.32. The number of ketones is 1. The summed E-state index contributed by atoms with van der Waals surface area (Å²) in [6.45, 7) is 0. The minimum absolute atomic E-state index is 0.0147. The highest BCUT2D eigenvalue weighted by atomic mass is 35.5. The van der Waals surface area contributed by atoms with Gasteiger partial charge >= 0.3 is 5.97 Å². The predicted octanol–water partition coefficient (Wildman–Crippen LogP) is 3.46. The van der Waals surface area contributed by atoms with Crippen molar-refractivity contribution in [3.8, 4) is 0 Å². The minimum Gasteiger partial charge on any atom is -0.468 e. The molecule has 2 atom stereocenters. The third kappa shape index (κ3) is 2.38. The standard InChI is InChI=1S/C17H19ClO3/c1-21-16(20)12-7-9-17(10-15(12)19)8-3-4-11-13(17)5-2-6-14(11)18/h2,5-6,12H,3-4,7-10H2,1H3. The third-order valence-corrected chi connectivity index (χ3v) is 5.42. The molecule has 2 aliphatic carbocycles. The Labute approximate surface area is 129 Å². The van der Waals surface area contributed by atoms with Crippen LogP contribution in [0.15, 0.2) is 18.2 Å². The average Bonchev–Trinajstić information content (AvgIpc) is 2.48. The summed E-state index contributed by atoms with van der Waals surface area (Å²) in [5.74, 6) is -0.955. The Kier molecular flexibility index (Phi) is 3.78. The van der Waals surface area contributed by atoms with Gasteiger partial charge in [0.25, 0.3) is 0 Å². The summed E-state index contributed by atoms with van der Waals surface area (Å²) < 4.78 is 4.74. The molecule has 3 nitrogen and oxygen atoms in total. The van der Waals surface area contributed by atoms with Crippen molar-refractivity contribution < 1.29 is 14.3 Å². The first-order valence-electron chi connectivity index (χ1n) is 7.46. The van der Waals surface area contributed by atoms with Crippen LogP contribution in [0.25, 0.3) is 0 Å². The summed E-state index contributed by atoms with van der Waals surface area (Å²) in [5, 5.41) is 0.800. The van der Waals surface area contributed by atoms with Crippen LogP contribution in [-0.2, 0) is 26.2 Å². The number of hydrogen-bond donors (Lipinski definition) is 0. The van der Waals surface area contributed by atoms with E-state index in [0.717, 1.165) is 30.7 Å². The second kappa shape index (κ2) is 5.45. The van der Waals surface area contributed by atoms with E-state index in [1.165, 1.54) is 18.2 Å². The highest BCUT2D eigenvalue weighted by Gasteiger charge is 2.46. The summed E-state index contributed by atoms with van der Waals surface area (Å²) in [6.07, 6.45) is 4.89. The Bertz CT molecular complexity index is 596. The van der Waals surface area contributed by atoms with E-state index in [-0.39, 0.29) is 11.2 Å². The zero-order valence-electron chi connectivity index (χ0n) is 12.2. The lowest BCUT2D eigenvalue weighted by atomic mass is 9.60. The van der Waals surface area contributed by atoms with Crippen molar-refractivity contribution in [2.24, 2.45) is 5.92 Å². The molecule has 1 aromatic carbocycles. The lowest BCUT2D eigenvalue weighted by Gasteiger charge is -2.43. The SMILES string of the molecule is COC(=O)C1CCC2(CCCc3c(Cl)cccc32)CC1=O. The number of rotatable bonds is 1. The van der Waals surface area contributed by atoms with Gasteiger partial charge < -0.3 is 4.74 Å². The topological polar surface area (TPSA) is 43.4 Å². The molecule has 3 rings (SSSR count). The van der Waals surface area contributed by atoms with E-state index in [1.807, 2.05) is 12.1 Å². The molecular weight excluding hydrogens is 288 g/mol. The molecule has 1 saturated carbocycles. The van der Waals surface area contributed by atoms with E-state index >= 15 is 0 Å². The van der Waals surface area contributed by atoms with Crippen molar-refractivity contribution >= 4 is 23.4 Å². The van der Waals surface area contributed by atoms with Crippen LogP contribution in [0.5, 0.6) is 0 Å². The number of carbonyl (C=O) groups is 2. The Morgan fingerprint density at radius 2 is 2.19 bits per heavy atom. The van der Waals surface area contributed by atoms with Crippen LogP contribution in [0.4, 0.5) is 0 Å². The maximum absolute atomic E-state index is 12.4. The Hall–Kier alpha value is -1.35. The quantitative estimate of drug-likeness (QED) is 0.589. The molecule has 0 heterocycles. The van der Waals surface area contributed by atoms with Gasteiger partial charge in [0.15, 0.2) is 0 Å². The lowest BCUT2D eigenvalue weighted by Crippen LogP contribution is -2.42. The van der Waals surface area contributed by atoms with Crippen molar-refractivity contribution in [2.75, 3.05) is 7.11 Å². The highest BCUT2D eigenvalue weighted by molar-refractivity contribution is 6.31. The number of fused-ring (bicyclic) bond motifs is 2. The van der Waals surface area contributed by atoms with Gasteiger partial charge in [-0.05, 0) is 49.3 Å². The van der Waals surface area contributed by atoms with Gasteiger partial charge in [0.1, 0.15) is 11.7 Å². The Balaban J connectivity index is 1.94. The van der Waals surface area contributed by atoms with Crippen LogP contribution < -0.4 is 0 Å². The Morgan fingerprint density at radius 3 is 2.90 bits per heavy atom. The third-order valence-electron chi connectivity index (χ3n) is 5.07. The smallest absolute Gasteiger partial charge is 0.316 e. The normalized spacial score (nSPS) is 28.3. The first kappa shape index (κ1) is 14.6. The van der Waals surface area contributed by atoms with Crippen LogP contribution in [0.2, 0.25) is 5.02 Å². The van der Waals surface area contributed by atoms with Crippen LogP contribution in [0, 0.1) is 5.92 Å². The van der Waals surface area contributed by atoms with E-state index in [9.17, 15) is 9.59 Å². The van der Waals surface area contributed by atoms with Gasteiger partial charge in [-0.3, -0.25) is 9.59 Å². The first-order chi connectivity index (χ1) is 10.1. The first-order valence-corrected chi connectivity index (χ1v) is 7.83. The molecule has 0 bridgehead atoms. The van der Waals surface area contributed by atoms with Crippen molar-refractivity contribution in [3.05, 3.63) is 34.3 Å². The highest BCUT2D eigenvalue weighted by Crippen LogP contribution is 2.48. The van der Waals surface area contributed by atoms with Gasteiger partial charge in [0, 0.05) is 16.9 Å². The largest absolute Gasteiger partial charge is 0.468 e. The molecule has 4 heteroatoms. The van der Waals surface area contributed by atoms with E-state index in [0.29, 0.717) is 12.8 Å². The summed E-state index contributed by atoms with van der Waals surface area (Å²) in [4.78, 5) is 24.1. The Morgan fingerprint density at radius 1 is 1.38 bits per heavy atom. The van der Waals surface area contributed by atoms with Crippen LogP contribution in [0.1, 0.15) is 43.2 Å². The fourth-order valence-corrected chi connectivity index (χ4v) is 4.28. The van der Waals surface area contributed by atoms with Gasteiger partial charge in [-0.1, -0.05) is 23.7 Å². The lowest BCUT2D eigenvalue weighted by molar-refractivity contribution is -0.151. The zero-order chi connectivity index (χ0) is 15.0. The van der Waals surface area contributed by atoms with Crippen LogP contribution in [0.3, 0.4) is 0 Å². The number of benzene rings is 1. The predicted molar refractivity (Wildman–Crippen MR) is 80.4 cm³/mol. The van der Waals surface area contributed by atoms with Crippen molar-refractivity contribution in [1.82, 2.24) is 0 Å². The molecule has 0 aromatic heterocycles. The summed E-state index contributed by atoms with van der Waals surface area (Å²) in [5.41, 5.74) is 2.28. The van der Waals surface area contributed by atoms with Gasteiger partial charge in [-0.15, -0.1) is 0 Å². The van der Waals surface area contributed by atoms with E-state index < -0.39 is 11.9 Å². The molecular formula is C17H19ClO3. The number of esters is 1. The summed E-state index contributed by atoms with van der Waals surface area (Å²) in [6, 6.07) is 5.98. The molecule has 0 radical (unpaired) electrons. The molecule has 112 valence electrons. The molecule has 2 unspecified atom stereocenters. The molecule has 0 N–H and O–H groups in total. The average molecular weight is 307 g/mol. The van der Waals surface area contributed by atoms with E-state index in [2.05, 4.69) is 6.07 Å². The molecule has 2 aliphatic rings. The number of carbonyl (C=O) groups excluding carboxylic acids is 2. The number of methoxy groups -OCH3 is 1. The number of halogens is 1. The maximum Gasteiger partial charge on any atom is 0.316 e. The number of hydrogen-bond acceptors (Lipinski definition) is 3. The fourth-order valence-electron chi connectivity index (χ4n) is 4.01. The van der Waals surface area contributed by atoms with Crippen LogP contribution in [-0.4, -0.2) is 18.9 Å². The zero-order valence-corrected chi connectivity index (χ0v) is 12.9. The van der Waals surface area contributed by atoms with Crippen LogP contribution >= 0.6 is 11.6 Å². The van der Waals surface area contributed by atoms with E-state index in [1.54, 1.807) is 0 Å². The van der Waals surface area contributed by atoms with Gasteiger partial charge in [-0.25, -0.2) is 0 Å². The van der Waals surface area contributed by atoms with Gasteiger partial charge in [-0.2, -0.15) is 0 Å². The number of Topliss-reactive ketones (excluding diaryl/α,β-unsaturated/α-hetero) is 1. The number of ether oxygens (including phenoxy) is 1. The molecule has 21 heavy (non-hydrogen) atoms. The second-order valence-corrected chi connectivity index (χ2v) is 6.56. The van der Waals surface area contributed by atoms with Gasteiger partial charge in [0.2, 0.25) is 0 Å². The fraction of sp³-hybridized carbons (Fsp3) is 0.529. The molecule has 0 saturated heterocycles. The van der Waals surface area contributed by atoms with Crippen molar-refractivity contribution in [2.45, 2.75) is 43.9 Å². The molecule has 1 spiro atoms. The monoisotopic (exact) mass is 306 g/mol. The molecule has 0 amide bonds. The maximum atomic E-state index is 12.4. The molecule has 1 fully saturated rings. The summed E-state index contributed by atoms with van der Waals surface area (Å²) in [7, 11) is 1.34. The minimum atomic E-state index is -0.579. The van der Waals surface area contributed by atoms with E-state index in [4.69, 9.17) is 16.3 Å². The second-order valence-electron chi connectivity index (χ2n) is 6.16. The van der Waals surface area contributed by atoms with Crippen molar-refractivity contribution in [1.29, 1.82) is 0 Å². The molecule has 1 aromatic rings. The molecule has 0 aliphatic heterocycles. The van der Waals surface area contributed by atoms with Crippen molar-refractivity contribution in [3.63, 3.8) is 0 Å². The van der Waals surface area contributed by atoms with Gasteiger partial charge in [0.05, 0.1) is 7.11 Å².